The van der Waals surface area contributed by atoms with Crippen molar-refractivity contribution >= 4 is 17.1 Å². The molecule has 0 saturated heterocycles. The van der Waals surface area contributed by atoms with E-state index in [2.05, 4.69) is 26.1 Å². The van der Waals surface area contributed by atoms with Gasteiger partial charge in [-0.2, -0.15) is 0 Å². The van der Waals surface area contributed by atoms with Crippen LogP contribution >= 0.6 is 0 Å². The summed E-state index contributed by atoms with van der Waals surface area (Å²) in [6.45, 7) is 6.68. The van der Waals surface area contributed by atoms with Crippen LogP contribution in [0.15, 0.2) is 18.2 Å². The summed E-state index contributed by atoms with van der Waals surface area (Å²) in [5.74, 6) is 0.751. The van der Waals surface area contributed by atoms with E-state index in [4.69, 9.17) is 11.5 Å². The molecule has 1 atom stereocenters. The van der Waals surface area contributed by atoms with Crippen LogP contribution in [0, 0.1) is 5.92 Å². The molecule has 1 aromatic carbocycles. The molecular formula is C13H23N3. The normalized spacial score (nSPS) is 12.8. The van der Waals surface area contributed by atoms with E-state index in [-0.39, 0.29) is 0 Å². The lowest BCUT2D eigenvalue weighted by Crippen LogP contribution is -2.16. The highest BCUT2D eigenvalue weighted by Crippen LogP contribution is 2.21. The topological polar surface area (TPSA) is 64.1 Å². The molecule has 90 valence electrons. The maximum atomic E-state index is 5.75. The minimum Gasteiger partial charge on any atom is -0.397 e. The van der Waals surface area contributed by atoms with Crippen molar-refractivity contribution in [2.45, 2.75) is 39.7 Å². The Balaban J connectivity index is 2.49. The number of benzene rings is 1. The molecule has 3 heteroatoms. The number of nitrogen functional groups attached to an aromatic ring is 2. The first-order valence-corrected chi connectivity index (χ1v) is 5.90. The molecule has 0 saturated carbocycles. The van der Waals surface area contributed by atoms with Gasteiger partial charge in [-0.25, -0.2) is 0 Å². The van der Waals surface area contributed by atoms with Crippen molar-refractivity contribution in [1.29, 1.82) is 0 Å². The third-order valence-corrected chi connectivity index (χ3v) is 2.68. The molecular weight excluding hydrogens is 198 g/mol. The summed E-state index contributed by atoms with van der Waals surface area (Å²) in [6, 6.07) is 6.16. The fraction of sp³-hybridized carbons (Fsp3) is 0.538. The quantitative estimate of drug-likeness (QED) is 0.669. The van der Waals surface area contributed by atoms with Gasteiger partial charge in [0.25, 0.3) is 0 Å². The first-order valence-electron chi connectivity index (χ1n) is 5.90. The van der Waals surface area contributed by atoms with Gasteiger partial charge in [-0.15, -0.1) is 0 Å². The second kappa shape index (κ2) is 5.64. The van der Waals surface area contributed by atoms with Gasteiger partial charge in [0.05, 0.1) is 11.4 Å². The van der Waals surface area contributed by atoms with Gasteiger partial charge in [0.1, 0.15) is 0 Å². The molecule has 0 fully saturated rings. The van der Waals surface area contributed by atoms with Crippen molar-refractivity contribution < 1.29 is 0 Å². The van der Waals surface area contributed by atoms with E-state index < -0.39 is 0 Å². The third kappa shape index (κ3) is 4.01. The average Bonchev–Trinajstić information content (AvgIpc) is 2.21. The Kier molecular flexibility index (Phi) is 4.47. The molecule has 0 bridgehead atoms. The Hall–Kier alpha value is -1.38. The number of nitrogens with two attached hydrogens (primary N) is 2. The standard InChI is InChI=1S/C13H23N3/c1-9(2)4-5-10(3)16-11-6-7-12(14)13(15)8-11/h6-10,16H,4-5,14-15H2,1-3H3. The van der Waals surface area contributed by atoms with Crippen LogP contribution in [0.1, 0.15) is 33.6 Å². The Morgan fingerprint density at radius 3 is 2.31 bits per heavy atom. The third-order valence-electron chi connectivity index (χ3n) is 2.68. The van der Waals surface area contributed by atoms with E-state index in [0.717, 1.165) is 11.6 Å². The van der Waals surface area contributed by atoms with Gasteiger partial charge in [0.2, 0.25) is 0 Å². The Bertz CT molecular complexity index is 334. The molecule has 0 amide bonds. The van der Waals surface area contributed by atoms with Crippen molar-refractivity contribution in [2.75, 3.05) is 16.8 Å². The number of hydrogen-bond acceptors (Lipinski definition) is 3. The highest BCUT2D eigenvalue weighted by atomic mass is 14.9. The van der Waals surface area contributed by atoms with E-state index in [1.54, 1.807) is 0 Å². The summed E-state index contributed by atoms with van der Waals surface area (Å²) in [4.78, 5) is 0. The van der Waals surface area contributed by atoms with Crippen molar-refractivity contribution in [3.05, 3.63) is 18.2 Å². The zero-order valence-electron chi connectivity index (χ0n) is 10.5. The molecule has 0 aliphatic rings. The van der Waals surface area contributed by atoms with E-state index in [9.17, 15) is 0 Å². The predicted molar refractivity (Wildman–Crippen MR) is 72.4 cm³/mol. The molecule has 0 aliphatic carbocycles. The van der Waals surface area contributed by atoms with Gasteiger partial charge in [-0.3, -0.25) is 0 Å². The Morgan fingerprint density at radius 1 is 1.06 bits per heavy atom. The fourth-order valence-electron chi connectivity index (χ4n) is 1.60. The van der Waals surface area contributed by atoms with Crippen molar-refractivity contribution in [3.8, 4) is 0 Å². The SMILES string of the molecule is CC(C)CCC(C)Nc1ccc(N)c(N)c1. The number of rotatable bonds is 5. The molecule has 16 heavy (non-hydrogen) atoms. The molecule has 0 aromatic heterocycles. The average molecular weight is 221 g/mol. The largest absolute Gasteiger partial charge is 0.397 e. The molecule has 1 unspecified atom stereocenters. The van der Waals surface area contributed by atoms with Crippen LogP contribution in [0.2, 0.25) is 0 Å². The van der Waals surface area contributed by atoms with Crippen molar-refractivity contribution in [1.82, 2.24) is 0 Å². The summed E-state index contributed by atoms with van der Waals surface area (Å²) in [5, 5.41) is 3.43. The summed E-state index contributed by atoms with van der Waals surface area (Å²) in [6.07, 6.45) is 2.40. The second-order valence-electron chi connectivity index (χ2n) is 4.86. The fourth-order valence-corrected chi connectivity index (χ4v) is 1.60. The van der Waals surface area contributed by atoms with Gasteiger partial charge >= 0.3 is 0 Å². The molecule has 0 radical (unpaired) electrons. The van der Waals surface area contributed by atoms with Gasteiger partial charge in [0.15, 0.2) is 0 Å². The summed E-state index contributed by atoms with van der Waals surface area (Å²) in [7, 11) is 0. The smallest absolute Gasteiger partial charge is 0.0568 e. The van der Waals surface area contributed by atoms with Gasteiger partial charge in [0, 0.05) is 11.7 Å². The highest BCUT2D eigenvalue weighted by Gasteiger charge is 2.04. The van der Waals surface area contributed by atoms with Crippen LogP contribution in [0.4, 0.5) is 17.1 Å². The molecule has 5 N–H and O–H groups in total. The lowest BCUT2D eigenvalue weighted by atomic mass is 10.0. The molecule has 1 aromatic rings. The maximum absolute atomic E-state index is 5.75. The first-order chi connectivity index (χ1) is 7.49. The van der Waals surface area contributed by atoms with E-state index in [1.165, 1.54) is 12.8 Å². The predicted octanol–water partition coefficient (Wildman–Crippen LogP) is 3.09. The lowest BCUT2D eigenvalue weighted by Gasteiger charge is -2.17. The zero-order valence-corrected chi connectivity index (χ0v) is 10.5. The molecule has 0 heterocycles. The monoisotopic (exact) mass is 221 g/mol. The first kappa shape index (κ1) is 12.7. The molecule has 0 aliphatic heterocycles. The van der Waals surface area contributed by atoms with E-state index in [1.807, 2.05) is 18.2 Å². The highest BCUT2D eigenvalue weighted by molar-refractivity contribution is 5.69. The number of anilines is 3. The Labute approximate surface area is 98.2 Å². The van der Waals surface area contributed by atoms with Crippen LogP contribution in [0.5, 0.6) is 0 Å². The second-order valence-corrected chi connectivity index (χ2v) is 4.86. The number of nitrogens with one attached hydrogen (secondary N) is 1. The molecule has 1 rings (SSSR count). The van der Waals surface area contributed by atoms with Gasteiger partial charge < -0.3 is 16.8 Å². The minimum absolute atomic E-state index is 0.463. The Morgan fingerprint density at radius 2 is 1.75 bits per heavy atom. The van der Waals surface area contributed by atoms with Gasteiger partial charge in [-0.1, -0.05) is 13.8 Å². The van der Waals surface area contributed by atoms with Crippen LogP contribution in [-0.2, 0) is 0 Å². The van der Waals surface area contributed by atoms with Crippen molar-refractivity contribution in [3.63, 3.8) is 0 Å². The minimum atomic E-state index is 0.463. The van der Waals surface area contributed by atoms with Crippen LogP contribution in [0.25, 0.3) is 0 Å². The summed E-state index contributed by atoms with van der Waals surface area (Å²) < 4.78 is 0. The lowest BCUT2D eigenvalue weighted by molar-refractivity contribution is 0.528. The molecule has 0 spiro atoms. The van der Waals surface area contributed by atoms with Gasteiger partial charge in [-0.05, 0) is 43.9 Å². The van der Waals surface area contributed by atoms with Crippen molar-refractivity contribution in [2.24, 2.45) is 5.92 Å². The van der Waals surface area contributed by atoms with Crippen LogP contribution in [-0.4, -0.2) is 6.04 Å². The maximum Gasteiger partial charge on any atom is 0.0568 e. The van der Waals surface area contributed by atoms with E-state index >= 15 is 0 Å². The van der Waals surface area contributed by atoms with Crippen LogP contribution < -0.4 is 16.8 Å². The zero-order chi connectivity index (χ0) is 12.1. The molecule has 3 nitrogen and oxygen atoms in total. The van der Waals surface area contributed by atoms with Crippen LogP contribution in [0.3, 0.4) is 0 Å². The van der Waals surface area contributed by atoms with E-state index in [0.29, 0.717) is 17.4 Å². The summed E-state index contributed by atoms with van der Waals surface area (Å²) >= 11 is 0. The summed E-state index contributed by atoms with van der Waals surface area (Å²) in [5.41, 5.74) is 13.7. The number of hydrogen-bond donors (Lipinski definition) is 3.